The number of aliphatic hydroxyl groups is 1. The number of alkyl halides is 4. The van der Waals surface area contributed by atoms with Crippen molar-refractivity contribution in [2.75, 3.05) is 0 Å². The van der Waals surface area contributed by atoms with Gasteiger partial charge in [-0.15, -0.1) is 0 Å². The summed E-state index contributed by atoms with van der Waals surface area (Å²) >= 11 is 0. The van der Waals surface area contributed by atoms with Gasteiger partial charge in [0.15, 0.2) is 0 Å². The Morgan fingerprint density at radius 1 is 1.40 bits per heavy atom. The van der Waals surface area contributed by atoms with Crippen LogP contribution in [-0.4, -0.2) is 23.6 Å². The van der Waals surface area contributed by atoms with Gasteiger partial charge in [-0.05, 0) is 6.92 Å². The molecular formula is C5H8F4O. The average Bonchev–Trinajstić information content (AvgIpc) is 1.60. The van der Waals surface area contributed by atoms with Crippen molar-refractivity contribution in [1.29, 1.82) is 0 Å². The van der Waals surface area contributed by atoms with Gasteiger partial charge < -0.3 is 5.11 Å². The van der Waals surface area contributed by atoms with Crippen LogP contribution in [-0.2, 0) is 0 Å². The van der Waals surface area contributed by atoms with E-state index in [1.165, 1.54) is 0 Å². The molecule has 10 heavy (non-hydrogen) atoms. The summed E-state index contributed by atoms with van der Waals surface area (Å²) in [6.45, 7) is 1.04. The van der Waals surface area contributed by atoms with Gasteiger partial charge in [0.1, 0.15) is 0 Å². The maximum Gasteiger partial charge on any atom is 0.309 e. The highest BCUT2D eigenvalue weighted by molar-refractivity contribution is 4.71. The van der Waals surface area contributed by atoms with E-state index in [1.807, 2.05) is 0 Å². The highest BCUT2D eigenvalue weighted by Crippen LogP contribution is 2.27. The lowest BCUT2D eigenvalue weighted by Crippen LogP contribution is -2.30. The van der Waals surface area contributed by atoms with Crippen molar-refractivity contribution >= 4 is 0 Å². The van der Waals surface area contributed by atoms with E-state index in [0.717, 1.165) is 6.92 Å². The van der Waals surface area contributed by atoms with Crippen LogP contribution in [0.15, 0.2) is 0 Å². The third kappa shape index (κ3) is 3.00. The predicted molar refractivity (Wildman–Crippen MR) is 27.2 cm³/mol. The third-order valence-corrected chi connectivity index (χ3v) is 0.887. The quantitative estimate of drug-likeness (QED) is 0.622. The Morgan fingerprint density at radius 2 is 1.80 bits per heavy atom. The van der Waals surface area contributed by atoms with Crippen molar-refractivity contribution in [3.8, 4) is 0 Å². The van der Waals surface area contributed by atoms with E-state index < -0.39 is 24.9 Å². The summed E-state index contributed by atoms with van der Waals surface area (Å²) in [5, 5.41) is 8.32. The highest BCUT2D eigenvalue weighted by atomic mass is 19.3. The highest BCUT2D eigenvalue weighted by Gasteiger charge is 2.41. The zero-order valence-electron chi connectivity index (χ0n) is 5.32. The van der Waals surface area contributed by atoms with Gasteiger partial charge in [-0.3, -0.25) is 0 Å². The van der Waals surface area contributed by atoms with Crippen molar-refractivity contribution in [1.82, 2.24) is 0 Å². The van der Waals surface area contributed by atoms with Gasteiger partial charge in [0.25, 0.3) is 0 Å². The van der Waals surface area contributed by atoms with Crippen LogP contribution in [0, 0.1) is 0 Å². The van der Waals surface area contributed by atoms with Gasteiger partial charge in [-0.25, -0.2) is 17.6 Å². The Morgan fingerprint density at radius 3 is 1.90 bits per heavy atom. The minimum Gasteiger partial charge on any atom is -0.393 e. The lowest BCUT2D eigenvalue weighted by molar-refractivity contribution is -0.146. The Kier molecular flexibility index (Phi) is 3.08. The second-order valence-corrected chi connectivity index (χ2v) is 2.11. The molecule has 0 spiro atoms. The predicted octanol–water partition coefficient (Wildman–Crippen LogP) is 1.66. The van der Waals surface area contributed by atoms with Crippen molar-refractivity contribution in [3.05, 3.63) is 0 Å². The smallest absolute Gasteiger partial charge is 0.309 e. The van der Waals surface area contributed by atoms with Crippen molar-refractivity contribution in [2.24, 2.45) is 0 Å². The molecule has 1 nitrogen and oxygen atoms in total. The standard InChI is InChI=1S/C5H8F4O/c1-3(10)2-5(8,9)4(6)7/h3-4,10H,2H2,1H3. The summed E-state index contributed by atoms with van der Waals surface area (Å²) < 4.78 is 46.4. The van der Waals surface area contributed by atoms with E-state index >= 15 is 0 Å². The average molecular weight is 160 g/mol. The molecule has 5 heteroatoms. The Bertz CT molecular complexity index is 102. The van der Waals surface area contributed by atoms with Gasteiger partial charge in [0.2, 0.25) is 0 Å². The lowest BCUT2D eigenvalue weighted by atomic mass is 10.2. The van der Waals surface area contributed by atoms with E-state index in [2.05, 4.69) is 0 Å². The van der Waals surface area contributed by atoms with Crippen LogP contribution in [0.4, 0.5) is 17.6 Å². The molecule has 62 valence electrons. The molecule has 0 bridgehead atoms. The molecule has 0 saturated carbocycles. The summed E-state index contributed by atoms with van der Waals surface area (Å²) in [6.07, 6.45) is -6.28. The first-order valence-electron chi connectivity index (χ1n) is 2.70. The van der Waals surface area contributed by atoms with Crippen molar-refractivity contribution < 1.29 is 22.7 Å². The fourth-order valence-electron chi connectivity index (χ4n) is 0.483. The molecule has 0 rings (SSSR count). The summed E-state index contributed by atoms with van der Waals surface area (Å²) in [4.78, 5) is 0. The van der Waals surface area contributed by atoms with Crippen LogP contribution in [0.5, 0.6) is 0 Å². The molecule has 0 aliphatic rings. The van der Waals surface area contributed by atoms with Gasteiger partial charge in [-0.2, -0.15) is 0 Å². The molecule has 0 amide bonds. The monoisotopic (exact) mass is 160 g/mol. The largest absolute Gasteiger partial charge is 0.393 e. The number of hydrogen-bond acceptors (Lipinski definition) is 1. The minimum absolute atomic E-state index is 1.04. The molecule has 1 atom stereocenters. The Balaban J connectivity index is 3.87. The Labute approximate surface area is 55.7 Å². The van der Waals surface area contributed by atoms with E-state index in [1.54, 1.807) is 0 Å². The van der Waals surface area contributed by atoms with Crippen LogP contribution >= 0.6 is 0 Å². The topological polar surface area (TPSA) is 20.2 Å². The molecule has 0 aromatic rings. The summed E-state index contributed by atoms with van der Waals surface area (Å²) in [5.41, 5.74) is 0. The molecule has 0 radical (unpaired) electrons. The fraction of sp³-hybridized carbons (Fsp3) is 1.00. The minimum atomic E-state index is -4.06. The number of halogens is 4. The second-order valence-electron chi connectivity index (χ2n) is 2.11. The van der Waals surface area contributed by atoms with Crippen LogP contribution in [0.2, 0.25) is 0 Å². The first-order valence-corrected chi connectivity index (χ1v) is 2.70. The zero-order valence-corrected chi connectivity index (χ0v) is 5.32. The van der Waals surface area contributed by atoms with E-state index in [9.17, 15) is 17.6 Å². The van der Waals surface area contributed by atoms with E-state index in [4.69, 9.17) is 5.11 Å². The Hall–Kier alpha value is -0.320. The molecule has 0 aromatic carbocycles. The SMILES string of the molecule is CC(O)CC(F)(F)C(F)F. The van der Waals surface area contributed by atoms with E-state index in [-0.39, 0.29) is 0 Å². The first-order chi connectivity index (χ1) is 4.36. The molecular weight excluding hydrogens is 152 g/mol. The maximum atomic E-state index is 11.9. The molecule has 0 saturated heterocycles. The third-order valence-electron chi connectivity index (χ3n) is 0.887. The lowest BCUT2D eigenvalue weighted by Gasteiger charge is -2.15. The summed E-state index contributed by atoms with van der Waals surface area (Å²) in [5.74, 6) is -4.06. The second kappa shape index (κ2) is 3.18. The normalized spacial score (nSPS) is 15.9. The number of hydrogen-bond donors (Lipinski definition) is 1. The van der Waals surface area contributed by atoms with Gasteiger partial charge in [0, 0.05) is 6.42 Å². The molecule has 0 heterocycles. The fourth-order valence-corrected chi connectivity index (χ4v) is 0.483. The molecule has 0 fully saturated rings. The zero-order chi connectivity index (χ0) is 8.36. The summed E-state index contributed by atoms with van der Waals surface area (Å²) in [6, 6.07) is 0. The molecule has 0 aliphatic carbocycles. The maximum absolute atomic E-state index is 11.9. The molecule has 0 aromatic heterocycles. The van der Waals surface area contributed by atoms with Crippen LogP contribution in [0.25, 0.3) is 0 Å². The van der Waals surface area contributed by atoms with Gasteiger partial charge >= 0.3 is 12.3 Å². The summed E-state index contributed by atoms with van der Waals surface area (Å²) in [7, 11) is 0. The first kappa shape index (κ1) is 9.68. The van der Waals surface area contributed by atoms with Crippen LogP contribution < -0.4 is 0 Å². The van der Waals surface area contributed by atoms with Crippen LogP contribution in [0.3, 0.4) is 0 Å². The number of aliphatic hydroxyl groups excluding tert-OH is 1. The molecule has 1 N–H and O–H groups in total. The van der Waals surface area contributed by atoms with Gasteiger partial charge in [-0.1, -0.05) is 0 Å². The molecule has 1 unspecified atom stereocenters. The number of rotatable bonds is 3. The van der Waals surface area contributed by atoms with Gasteiger partial charge in [0.05, 0.1) is 6.10 Å². The molecule has 0 aliphatic heterocycles. The van der Waals surface area contributed by atoms with Crippen molar-refractivity contribution in [3.63, 3.8) is 0 Å². The van der Waals surface area contributed by atoms with Crippen LogP contribution in [0.1, 0.15) is 13.3 Å². The van der Waals surface area contributed by atoms with Crippen molar-refractivity contribution in [2.45, 2.75) is 31.8 Å². The van der Waals surface area contributed by atoms with E-state index in [0.29, 0.717) is 0 Å².